The molecule has 1 fully saturated rings. The smallest absolute Gasteiger partial charge is 0.123 e. The fourth-order valence-electron chi connectivity index (χ4n) is 2.49. The topological polar surface area (TPSA) is 21.3 Å². The number of benzene rings is 1. The minimum atomic E-state index is 0.264. The molecule has 0 amide bonds. The molecule has 1 N–H and O–H groups in total. The molecule has 0 saturated heterocycles. The zero-order valence-corrected chi connectivity index (χ0v) is 11.1. The van der Waals surface area contributed by atoms with Crippen LogP contribution in [0.1, 0.15) is 25.8 Å². The fourth-order valence-corrected chi connectivity index (χ4v) is 2.69. The van der Waals surface area contributed by atoms with E-state index in [0.717, 1.165) is 23.7 Å². The minimum absolute atomic E-state index is 0.264. The molecular formula is C14H18ClNO. The van der Waals surface area contributed by atoms with Crippen LogP contribution in [0.15, 0.2) is 18.2 Å². The molecular weight excluding hydrogens is 234 g/mol. The van der Waals surface area contributed by atoms with Crippen LogP contribution in [0.2, 0.25) is 5.02 Å². The molecule has 1 aliphatic carbocycles. The van der Waals surface area contributed by atoms with Gasteiger partial charge in [-0.15, -0.1) is 0 Å². The van der Waals surface area contributed by atoms with E-state index in [1.165, 1.54) is 12.0 Å². The van der Waals surface area contributed by atoms with Crippen molar-refractivity contribution >= 4 is 11.6 Å². The van der Waals surface area contributed by atoms with Gasteiger partial charge in [-0.2, -0.15) is 0 Å². The summed E-state index contributed by atoms with van der Waals surface area (Å²) in [6, 6.07) is 6.54. The maximum absolute atomic E-state index is 5.97. The van der Waals surface area contributed by atoms with Gasteiger partial charge in [-0.3, -0.25) is 0 Å². The number of hydrogen-bond donors (Lipinski definition) is 1. The van der Waals surface area contributed by atoms with Crippen molar-refractivity contribution in [3.63, 3.8) is 0 Å². The molecule has 2 unspecified atom stereocenters. The zero-order valence-electron chi connectivity index (χ0n) is 10.3. The Morgan fingerprint density at radius 1 is 1.47 bits per heavy atom. The van der Waals surface area contributed by atoms with Gasteiger partial charge in [0, 0.05) is 24.0 Å². The Labute approximate surface area is 107 Å². The average Bonchev–Trinajstić information content (AvgIpc) is 2.71. The highest BCUT2D eigenvalue weighted by molar-refractivity contribution is 6.30. The van der Waals surface area contributed by atoms with Crippen LogP contribution in [0.3, 0.4) is 0 Å². The number of rotatable bonds is 3. The summed E-state index contributed by atoms with van der Waals surface area (Å²) in [5.74, 6) is 0.997. The predicted molar refractivity (Wildman–Crippen MR) is 69.8 cm³/mol. The van der Waals surface area contributed by atoms with Gasteiger partial charge in [0.05, 0.1) is 0 Å². The molecule has 0 aromatic heterocycles. The summed E-state index contributed by atoms with van der Waals surface area (Å²) in [6.07, 6.45) is 2.51. The van der Waals surface area contributed by atoms with E-state index in [-0.39, 0.29) is 6.10 Å². The van der Waals surface area contributed by atoms with Gasteiger partial charge in [-0.25, -0.2) is 0 Å². The van der Waals surface area contributed by atoms with Crippen LogP contribution in [0.5, 0.6) is 5.75 Å². The first-order valence-electron chi connectivity index (χ1n) is 6.23. The molecule has 1 saturated carbocycles. The van der Waals surface area contributed by atoms with Gasteiger partial charge in [-0.05, 0) is 35.6 Å². The van der Waals surface area contributed by atoms with Gasteiger partial charge in [0.15, 0.2) is 0 Å². The lowest BCUT2D eigenvalue weighted by molar-refractivity contribution is 0.225. The summed E-state index contributed by atoms with van der Waals surface area (Å²) in [6.45, 7) is 5.53. The highest BCUT2D eigenvalue weighted by Gasteiger charge is 2.45. The van der Waals surface area contributed by atoms with E-state index in [2.05, 4.69) is 19.2 Å². The molecule has 2 atom stereocenters. The van der Waals surface area contributed by atoms with Gasteiger partial charge in [0.2, 0.25) is 0 Å². The summed E-state index contributed by atoms with van der Waals surface area (Å²) in [5, 5.41) is 4.38. The van der Waals surface area contributed by atoms with Crippen LogP contribution in [0.4, 0.5) is 0 Å². The molecule has 17 heavy (non-hydrogen) atoms. The first kappa shape index (κ1) is 11.4. The minimum Gasteiger partial charge on any atom is -0.488 e. The summed E-state index contributed by atoms with van der Waals surface area (Å²) >= 11 is 5.97. The lowest BCUT2D eigenvalue weighted by Gasteiger charge is -2.12. The summed E-state index contributed by atoms with van der Waals surface area (Å²) in [4.78, 5) is 0. The van der Waals surface area contributed by atoms with E-state index in [1.807, 2.05) is 18.2 Å². The Morgan fingerprint density at radius 3 is 2.94 bits per heavy atom. The van der Waals surface area contributed by atoms with Gasteiger partial charge in [0.25, 0.3) is 0 Å². The Kier molecular flexibility index (Phi) is 2.60. The van der Waals surface area contributed by atoms with Gasteiger partial charge >= 0.3 is 0 Å². The zero-order chi connectivity index (χ0) is 12.0. The lowest BCUT2D eigenvalue weighted by atomic mass is 10.1. The molecule has 3 rings (SSSR count). The number of fused-ring (bicyclic) bond motifs is 1. The highest BCUT2D eigenvalue weighted by atomic mass is 35.5. The monoisotopic (exact) mass is 251 g/mol. The fraction of sp³-hybridized carbons (Fsp3) is 0.571. The van der Waals surface area contributed by atoms with Crippen molar-refractivity contribution in [1.29, 1.82) is 0 Å². The number of halogens is 1. The van der Waals surface area contributed by atoms with E-state index in [4.69, 9.17) is 16.3 Å². The standard InChI is InChI=1S/C14H18ClNO/c1-14(2)7-13(14)16-8-11-6-9-5-10(15)3-4-12(9)17-11/h3-5,11,13,16H,6-8H2,1-2H3. The van der Waals surface area contributed by atoms with E-state index in [1.54, 1.807) is 0 Å². The van der Waals surface area contributed by atoms with E-state index in [9.17, 15) is 0 Å². The molecule has 1 aliphatic heterocycles. The number of ether oxygens (including phenoxy) is 1. The van der Waals surface area contributed by atoms with E-state index >= 15 is 0 Å². The van der Waals surface area contributed by atoms with Crippen LogP contribution in [0, 0.1) is 5.41 Å². The molecule has 1 aromatic rings. The predicted octanol–water partition coefficient (Wildman–Crippen LogP) is 3.03. The lowest BCUT2D eigenvalue weighted by Crippen LogP contribution is -2.33. The number of nitrogens with one attached hydrogen (secondary N) is 1. The summed E-state index contributed by atoms with van der Waals surface area (Å²) in [5.41, 5.74) is 1.72. The second-order valence-electron chi connectivity index (χ2n) is 5.85. The second kappa shape index (κ2) is 3.89. The van der Waals surface area contributed by atoms with Crippen molar-refractivity contribution < 1.29 is 4.74 Å². The van der Waals surface area contributed by atoms with Crippen molar-refractivity contribution in [3.05, 3.63) is 28.8 Å². The van der Waals surface area contributed by atoms with Crippen LogP contribution in [-0.2, 0) is 6.42 Å². The Balaban J connectivity index is 1.56. The average molecular weight is 252 g/mol. The third-order valence-corrected chi connectivity index (χ3v) is 4.10. The molecule has 0 spiro atoms. The molecule has 92 valence electrons. The Morgan fingerprint density at radius 2 is 2.24 bits per heavy atom. The van der Waals surface area contributed by atoms with Crippen LogP contribution < -0.4 is 10.1 Å². The molecule has 1 aromatic carbocycles. The first-order chi connectivity index (χ1) is 8.04. The molecule has 2 aliphatic rings. The molecule has 0 radical (unpaired) electrons. The third-order valence-electron chi connectivity index (χ3n) is 3.87. The van der Waals surface area contributed by atoms with Crippen LogP contribution in [0.25, 0.3) is 0 Å². The second-order valence-corrected chi connectivity index (χ2v) is 6.29. The van der Waals surface area contributed by atoms with Crippen molar-refractivity contribution in [2.45, 2.75) is 38.8 Å². The first-order valence-corrected chi connectivity index (χ1v) is 6.61. The maximum Gasteiger partial charge on any atom is 0.123 e. The van der Waals surface area contributed by atoms with Crippen LogP contribution in [-0.4, -0.2) is 18.7 Å². The van der Waals surface area contributed by atoms with Crippen molar-refractivity contribution in [2.75, 3.05) is 6.54 Å². The van der Waals surface area contributed by atoms with Crippen LogP contribution >= 0.6 is 11.6 Å². The number of hydrogen-bond acceptors (Lipinski definition) is 2. The summed E-state index contributed by atoms with van der Waals surface area (Å²) < 4.78 is 5.89. The summed E-state index contributed by atoms with van der Waals surface area (Å²) in [7, 11) is 0. The highest BCUT2D eigenvalue weighted by Crippen LogP contribution is 2.44. The SMILES string of the molecule is CC1(C)CC1NCC1Cc2cc(Cl)ccc2O1. The Hall–Kier alpha value is -0.730. The largest absolute Gasteiger partial charge is 0.488 e. The molecule has 0 bridgehead atoms. The molecule has 2 nitrogen and oxygen atoms in total. The van der Waals surface area contributed by atoms with Gasteiger partial charge < -0.3 is 10.1 Å². The third kappa shape index (κ3) is 2.29. The van der Waals surface area contributed by atoms with E-state index in [0.29, 0.717) is 11.5 Å². The quantitative estimate of drug-likeness (QED) is 0.892. The van der Waals surface area contributed by atoms with Gasteiger partial charge in [-0.1, -0.05) is 25.4 Å². The van der Waals surface area contributed by atoms with Crippen molar-refractivity contribution in [2.24, 2.45) is 5.41 Å². The Bertz CT molecular complexity index is 444. The molecule has 1 heterocycles. The van der Waals surface area contributed by atoms with Crippen molar-refractivity contribution in [3.8, 4) is 5.75 Å². The van der Waals surface area contributed by atoms with E-state index < -0.39 is 0 Å². The van der Waals surface area contributed by atoms with Gasteiger partial charge in [0.1, 0.15) is 11.9 Å². The molecule has 3 heteroatoms. The normalized spacial score (nSPS) is 28.6. The maximum atomic E-state index is 5.97. The van der Waals surface area contributed by atoms with Crippen molar-refractivity contribution in [1.82, 2.24) is 5.32 Å².